The zero-order valence-electron chi connectivity index (χ0n) is 12.5. The highest BCUT2D eigenvalue weighted by atomic mass is 32.2. The van der Waals surface area contributed by atoms with E-state index in [-0.39, 0.29) is 6.04 Å². The number of hydrogen-bond acceptors (Lipinski definition) is 3. The minimum Gasteiger partial charge on any atom is -0.310 e. The molecule has 0 bridgehead atoms. The minimum absolute atomic E-state index is 0.0267. The van der Waals surface area contributed by atoms with Crippen LogP contribution in [0.25, 0.3) is 0 Å². The van der Waals surface area contributed by atoms with Crippen LogP contribution in [0.4, 0.5) is 0 Å². The fraction of sp³-hybridized carbons (Fsp3) is 0.600. The maximum Gasteiger partial charge on any atom is 0.243 e. The first-order valence-electron chi connectivity index (χ1n) is 7.29. The van der Waals surface area contributed by atoms with Crippen LogP contribution in [0.3, 0.4) is 0 Å². The maximum absolute atomic E-state index is 12.5. The average molecular weight is 296 g/mol. The Labute approximate surface area is 122 Å². The van der Waals surface area contributed by atoms with Gasteiger partial charge in [0.2, 0.25) is 10.0 Å². The molecule has 0 amide bonds. The maximum atomic E-state index is 12.5. The van der Waals surface area contributed by atoms with Gasteiger partial charge in [0.15, 0.2) is 0 Å². The van der Waals surface area contributed by atoms with Crippen LogP contribution in [-0.2, 0) is 16.6 Å². The van der Waals surface area contributed by atoms with Gasteiger partial charge < -0.3 is 5.32 Å². The van der Waals surface area contributed by atoms with Gasteiger partial charge in [0.05, 0.1) is 4.90 Å². The summed E-state index contributed by atoms with van der Waals surface area (Å²) in [7, 11) is -3.37. The van der Waals surface area contributed by atoms with E-state index in [9.17, 15) is 8.42 Å². The lowest BCUT2D eigenvalue weighted by atomic mass is 10.2. The van der Waals surface area contributed by atoms with Crippen molar-refractivity contribution >= 4 is 10.0 Å². The van der Waals surface area contributed by atoms with Crippen LogP contribution in [0.15, 0.2) is 29.2 Å². The summed E-state index contributed by atoms with van der Waals surface area (Å²) in [5.41, 5.74) is 1.13. The highest BCUT2D eigenvalue weighted by Crippen LogP contribution is 2.21. The molecule has 1 aliphatic carbocycles. The summed E-state index contributed by atoms with van der Waals surface area (Å²) in [6.45, 7) is 6.97. The third-order valence-electron chi connectivity index (χ3n) is 3.59. The number of rotatable bonds is 7. The molecule has 20 heavy (non-hydrogen) atoms. The summed E-state index contributed by atoms with van der Waals surface area (Å²) in [5, 5.41) is 3.42. The molecule has 5 heteroatoms. The van der Waals surface area contributed by atoms with Crippen molar-refractivity contribution in [1.29, 1.82) is 0 Å². The summed E-state index contributed by atoms with van der Waals surface area (Å²) in [6, 6.07) is 7.86. The van der Waals surface area contributed by atoms with E-state index in [0.717, 1.165) is 12.1 Å². The second-order valence-corrected chi connectivity index (χ2v) is 7.49. The zero-order chi connectivity index (χ0) is 14.8. The molecule has 0 spiro atoms. The molecule has 1 N–H and O–H groups in total. The molecule has 112 valence electrons. The first-order valence-corrected chi connectivity index (χ1v) is 8.73. The molecule has 0 aliphatic heterocycles. The predicted molar refractivity (Wildman–Crippen MR) is 81.0 cm³/mol. The first kappa shape index (κ1) is 15.5. The Kier molecular flexibility index (Phi) is 4.83. The van der Waals surface area contributed by atoms with Crippen LogP contribution in [-0.4, -0.2) is 31.4 Å². The van der Waals surface area contributed by atoms with Gasteiger partial charge in [-0.05, 0) is 44.4 Å². The topological polar surface area (TPSA) is 49.4 Å². The van der Waals surface area contributed by atoms with Crippen LogP contribution in [0.5, 0.6) is 0 Å². The van der Waals surface area contributed by atoms with Crippen molar-refractivity contribution in [2.75, 3.05) is 6.54 Å². The molecular formula is C15H24N2O2S. The number of nitrogens with one attached hydrogen (secondary N) is 1. The smallest absolute Gasteiger partial charge is 0.243 e. The summed E-state index contributed by atoms with van der Waals surface area (Å²) in [4.78, 5) is 0.378. The lowest BCUT2D eigenvalue weighted by molar-refractivity contribution is 0.369. The van der Waals surface area contributed by atoms with Crippen molar-refractivity contribution in [1.82, 2.24) is 9.62 Å². The van der Waals surface area contributed by atoms with Crippen molar-refractivity contribution in [3.63, 3.8) is 0 Å². The SMILES string of the molecule is CCN(C(C)C)S(=O)(=O)c1ccc(CNC2CC2)cc1. The van der Waals surface area contributed by atoms with Crippen LogP contribution >= 0.6 is 0 Å². The molecule has 1 saturated carbocycles. The summed E-state index contributed by atoms with van der Waals surface area (Å²) in [5.74, 6) is 0. The van der Waals surface area contributed by atoms with Crippen LogP contribution < -0.4 is 5.32 Å². The normalized spacial score (nSPS) is 16.1. The summed E-state index contributed by atoms with van der Waals surface area (Å²) < 4.78 is 26.5. The van der Waals surface area contributed by atoms with Crippen molar-refractivity contribution in [3.8, 4) is 0 Å². The van der Waals surface area contributed by atoms with Crippen LogP contribution in [0.1, 0.15) is 39.2 Å². The molecule has 0 saturated heterocycles. The highest BCUT2D eigenvalue weighted by molar-refractivity contribution is 7.89. The molecule has 4 nitrogen and oxygen atoms in total. The van der Waals surface area contributed by atoms with E-state index >= 15 is 0 Å². The largest absolute Gasteiger partial charge is 0.310 e. The lowest BCUT2D eigenvalue weighted by Gasteiger charge is -2.24. The molecule has 0 aromatic heterocycles. The van der Waals surface area contributed by atoms with E-state index in [2.05, 4.69) is 5.32 Å². The fourth-order valence-electron chi connectivity index (χ4n) is 2.28. The molecular weight excluding hydrogens is 272 g/mol. The van der Waals surface area contributed by atoms with Gasteiger partial charge in [0.1, 0.15) is 0 Å². The van der Waals surface area contributed by atoms with Gasteiger partial charge in [-0.1, -0.05) is 19.1 Å². The number of hydrogen-bond donors (Lipinski definition) is 1. The average Bonchev–Trinajstić information content (AvgIpc) is 3.21. The van der Waals surface area contributed by atoms with E-state index in [1.54, 1.807) is 12.1 Å². The van der Waals surface area contributed by atoms with Gasteiger partial charge in [0, 0.05) is 25.2 Å². The Bertz CT molecular complexity index is 533. The Morgan fingerprint density at radius 1 is 1.25 bits per heavy atom. The lowest BCUT2D eigenvalue weighted by Crippen LogP contribution is -2.36. The molecule has 2 rings (SSSR count). The van der Waals surface area contributed by atoms with Crippen molar-refractivity contribution in [2.45, 2.75) is 57.1 Å². The Morgan fingerprint density at radius 2 is 1.85 bits per heavy atom. The fourth-order valence-corrected chi connectivity index (χ4v) is 3.92. The Morgan fingerprint density at radius 3 is 2.30 bits per heavy atom. The molecule has 1 aliphatic rings. The number of nitrogens with zero attached hydrogens (tertiary/aromatic N) is 1. The Balaban J connectivity index is 2.10. The first-order chi connectivity index (χ1) is 9.45. The highest BCUT2D eigenvalue weighted by Gasteiger charge is 2.25. The van der Waals surface area contributed by atoms with Gasteiger partial charge in [-0.3, -0.25) is 0 Å². The van der Waals surface area contributed by atoms with Crippen molar-refractivity contribution in [2.24, 2.45) is 0 Å². The van der Waals surface area contributed by atoms with E-state index < -0.39 is 10.0 Å². The van der Waals surface area contributed by atoms with Gasteiger partial charge in [-0.25, -0.2) is 8.42 Å². The van der Waals surface area contributed by atoms with Gasteiger partial charge in [-0.15, -0.1) is 0 Å². The van der Waals surface area contributed by atoms with E-state index in [1.165, 1.54) is 17.1 Å². The molecule has 0 atom stereocenters. The molecule has 1 aromatic carbocycles. The van der Waals surface area contributed by atoms with E-state index in [4.69, 9.17) is 0 Å². The van der Waals surface area contributed by atoms with E-state index in [1.807, 2.05) is 32.9 Å². The molecule has 1 aromatic rings. The van der Waals surface area contributed by atoms with Gasteiger partial charge >= 0.3 is 0 Å². The van der Waals surface area contributed by atoms with Gasteiger partial charge in [0.25, 0.3) is 0 Å². The van der Waals surface area contributed by atoms with Crippen molar-refractivity contribution < 1.29 is 8.42 Å². The third kappa shape index (κ3) is 3.59. The minimum atomic E-state index is -3.37. The van der Waals surface area contributed by atoms with Crippen molar-refractivity contribution in [3.05, 3.63) is 29.8 Å². The molecule has 1 fully saturated rings. The molecule has 0 unspecified atom stereocenters. The van der Waals surface area contributed by atoms with Gasteiger partial charge in [-0.2, -0.15) is 4.31 Å². The molecule has 0 radical (unpaired) electrons. The second-order valence-electron chi connectivity index (χ2n) is 5.60. The predicted octanol–water partition coefficient (Wildman–Crippen LogP) is 2.36. The summed E-state index contributed by atoms with van der Waals surface area (Å²) in [6.07, 6.45) is 2.51. The standard InChI is InChI=1S/C15H24N2O2S/c1-4-17(12(2)3)20(18,19)15-9-5-13(6-10-15)11-16-14-7-8-14/h5-6,9-10,12,14,16H,4,7-8,11H2,1-3H3. The number of benzene rings is 1. The number of sulfonamides is 1. The second kappa shape index (κ2) is 6.24. The Hall–Kier alpha value is -0.910. The monoisotopic (exact) mass is 296 g/mol. The summed E-state index contributed by atoms with van der Waals surface area (Å²) >= 11 is 0. The quantitative estimate of drug-likeness (QED) is 0.840. The van der Waals surface area contributed by atoms with Crippen LogP contribution in [0, 0.1) is 0 Å². The zero-order valence-corrected chi connectivity index (χ0v) is 13.3. The third-order valence-corrected chi connectivity index (χ3v) is 5.75. The van der Waals surface area contributed by atoms with E-state index in [0.29, 0.717) is 17.5 Å². The van der Waals surface area contributed by atoms with Crippen LogP contribution in [0.2, 0.25) is 0 Å². The molecule has 0 heterocycles.